The number of rotatable bonds is 3. The van der Waals surface area contributed by atoms with Crippen LogP contribution in [0.2, 0.25) is 0 Å². The average molecular weight is 199 g/mol. The second-order valence-corrected chi connectivity index (χ2v) is 4.05. The maximum absolute atomic E-state index is 11.3. The zero-order valence-electron chi connectivity index (χ0n) is 8.78. The number of aliphatic hydroxyl groups is 1. The van der Waals surface area contributed by atoms with Crippen molar-refractivity contribution in [1.29, 1.82) is 0 Å². The number of ether oxygens (including phenoxy) is 1. The van der Waals surface area contributed by atoms with Gasteiger partial charge in [0, 0.05) is 6.42 Å². The molecule has 0 aromatic rings. The molecule has 3 N–H and O–H groups in total. The third kappa shape index (κ3) is 4.85. The lowest BCUT2D eigenvalue weighted by molar-refractivity contribution is -0.166. The predicted molar refractivity (Wildman–Crippen MR) is 53.3 cm³/mol. The van der Waals surface area contributed by atoms with Crippen LogP contribution in [0.15, 0.2) is 0 Å². The topological polar surface area (TPSA) is 72.5 Å². The Balaban J connectivity index is 4.20. The van der Waals surface area contributed by atoms with Gasteiger partial charge in [0.05, 0.1) is 6.04 Å². The van der Waals surface area contributed by atoms with Crippen molar-refractivity contribution in [3.05, 3.63) is 0 Å². The number of nitrogens with two attached hydrogens (primary N) is 1. The van der Waals surface area contributed by atoms with Gasteiger partial charge in [-0.05, 0) is 20.8 Å². The second-order valence-electron chi connectivity index (χ2n) is 4.05. The molecule has 0 saturated carbocycles. The Morgan fingerprint density at radius 1 is 1.64 bits per heavy atom. The predicted octanol–water partition coefficient (Wildman–Crippen LogP) is 0.0396. The van der Waals surface area contributed by atoms with E-state index in [9.17, 15) is 9.90 Å². The number of carbonyl (C=O) groups is 1. The molecule has 2 atom stereocenters. The summed E-state index contributed by atoms with van der Waals surface area (Å²) in [6.07, 6.45) is 3.78. The van der Waals surface area contributed by atoms with Gasteiger partial charge in [0.2, 0.25) is 0 Å². The van der Waals surface area contributed by atoms with Crippen LogP contribution in [0.1, 0.15) is 27.2 Å². The van der Waals surface area contributed by atoms with E-state index in [-0.39, 0.29) is 6.42 Å². The maximum Gasteiger partial charge on any atom is 0.337 e. The Kier molecular flexibility index (Phi) is 4.61. The van der Waals surface area contributed by atoms with E-state index in [4.69, 9.17) is 16.9 Å². The normalized spacial score (nSPS) is 15.4. The molecule has 0 aliphatic carbocycles. The van der Waals surface area contributed by atoms with Crippen molar-refractivity contribution in [2.75, 3.05) is 0 Å². The van der Waals surface area contributed by atoms with E-state index in [0.29, 0.717) is 0 Å². The molecule has 0 radical (unpaired) electrons. The summed E-state index contributed by atoms with van der Waals surface area (Å²) in [6.45, 7) is 5.14. The summed E-state index contributed by atoms with van der Waals surface area (Å²) in [4.78, 5) is 11.3. The van der Waals surface area contributed by atoms with Crippen molar-refractivity contribution in [2.45, 2.75) is 44.9 Å². The monoisotopic (exact) mass is 199 g/mol. The van der Waals surface area contributed by atoms with Gasteiger partial charge in [0.25, 0.3) is 0 Å². The Morgan fingerprint density at radius 2 is 2.14 bits per heavy atom. The quantitative estimate of drug-likeness (QED) is 0.497. The molecule has 0 fully saturated rings. The van der Waals surface area contributed by atoms with Gasteiger partial charge in [0.15, 0.2) is 6.10 Å². The minimum Gasteiger partial charge on any atom is -0.458 e. The second kappa shape index (κ2) is 4.99. The molecule has 80 valence electrons. The molecule has 0 aromatic carbocycles. The van der Waals surface area contributed by atoms with Gasteiger partial charge in [-0.3, -0.25) is 0 Å². The SMILES string of the molecule is C#CC[C@H](N)C(O)C(=O)OC(C)(C)C. The number of hydrogen-bond acceptors (Lipinski definition) is 4. The molecule has 0 aliphatic rings. The number of carbonyl (C=O) groups excluding carboxylic acids is 1. The van der Waals surface area contributed by atoms with Crippen molar-refractivity contribution in [3.63, 3.8) is 0 Å². The van der Waals surface area contributed by atoms with E-state index >= 15 is 0 Å². The molecule has 1 unspecified atom stereocenters. The van der Waals surface area contributed by atoms with Crippen molar-refractivity contribution >= 4 is 5.97 Å². The highest BCUT2D eigenvalue weighted by atomic mass is 16.6. The van der Waals surface area contributed by atoms with Gasteiger partial charge >= 0.3 is 5.97 Å². The first kappa shape index (κ1) is 12.9. The van der Waals surface area contributed by atoms with E-state index in [0.717, 1.165) is 0 Å². The van der Waals surface area contributed by atoms with Crippen LogP contribution < -0.4 is 5.73 Å². The first-order chi connectivity index (χ1) is 6.28. The van der Waals surface area contributed by atoms with Crippen molar-refractivity contribution in [2.24, 2.45) is 5.73 Å². The third-order valence-corrected chi connectivity index (χ3v) is 1.41. The Labute approximate surface area is 84.4 Å². The highest BCUT2D eigenvalue weighted by Crippen LogP contribution is 2.09. The zero-order valence-corrected chi connectivity index (χ0v) is 8.78. The van der Waals surface area contributed by atoms with E-state index < -0.39 is 23.7 Å². The third-order valence-electron chi connectivity index (χ3n) is 1.41. The smallest absolute Gasteiger partial charge is 0.337 e. The summed E-state index contributed by atoms with van der Waals surface area (Å²) in [7, 11) is 0. The minimum atomic E-state index is -1.36. The summed E-state index contributed by atoms with van der Waals surface area (Å²) in [5, 5.41) is 9.39. The summed E-state index contributed by atoms with van der Waals surface area (Å²) in [5.74, 6) is 1.54. The van der Waals surface area contributed by atoms with E-state index in [1.807, 2.05) is 0 Å². The zero-order chi connectivity index (χ0) is 11.4. The molecule has 0 aliphatic heterocycles. The highest BCUT2D eigenvalue weighted by Gasteiger charge is 2.27. The van der Waals surface area contributed by atoms with Crippen LogP contribution in [0.4, 0.5) is 0 Å². The van der Waals surface area contributed by atoms with E-state index in [1.165, 1.54) is 0 Å². The summed E-state index contributed by atoms with van der Waals surface area (Å²) in [6, 6.07) is -0.769. The molecule has 0 heterocycles. The van der Waals surface area contributed by atoms with Gasteiger partial charge in [-0.15, -0.1) is 12.3 Å². The lowest BCUT2D eigenvalue weighted by atomic mass is 10.1. The minimum absolute atomic E-state index is 0.139. The molecule has 4 nitrogen and oxygen atoms in total. The molecule has 14 heavy (non-hydrogen) atoms. The maximum atomic E-state index is 11.3. The van der Waals surface area contributed by atoms with Gasteiger partial charge in [-0.2, -0.15) is 0 Å². The van der Waals surface area contributed by atoms with Gasteiger partial charge < -0.3 is 15.6 Å². The lowest BCUT2D eigenvalue weighted by Crippen LogP contribution is -2.43. The fourth-order valence-corrected chi connectivity index (χ4v) is 0.785. The summed E-state index contributed by atoms with van der Waals surface area (Å²) < 4.78 is 4.93. The number of aliphatic hydroxyl groups excluding tert-OH is 1. The van der Waals surface area contributed by atoms with Gasteiger partial charge in [-0.25, -0.2) is 4.79 Å². The van der Waals surface area contributed by atoms with E-state index in [1.54, 1.807) is 20.8 Å². The average Bonchev–Trinajstić information content (AvgIpc) is 2.00. The summed E-state index contributed by atoms with van der Waals surface area (Å²) >= 11 is 0. The molecular weight excluding hydrogens is 182 g/mol. The van der Waals surface area contributed by atoms with Crippen LogP contribution in [0.25, 0.3) is 0 Å². The Hall–Kier alpha value is -1.05. The molecular formula is C10H17NO3. The van der Waals surface area contributed by atoms with Gasteiger partial charge in [-0.1, -0.05) is 0 Å². The van der Waals surface area contributed by atoms with Crippen LogP contribution in [0, 0.1) is 12.3 Å². The molecule has 0 amide bonds. The van der Waals surface area contributed by atoms with Crippen molar-refractivity contribution in [3.8, 4) is 12.3 Å². The Bertz CT molecular complexity index is 237. The largest absolute Gasteiger partial charge is 0.458 e. The summed E-state index contributed by atoms with van der Waals surface area (Å²) in [5.41, 5.74) is 4.82. The van der Waals surface area contributed by atoms with E-state index in [2.05, 4.69) is 5.92 Å². The highest BCUT2D eigenvalue weighted by molar-refractivity contribution is 5.75. The van der Waals surface area contributed by atoms with Gasteiger partial charge in [0.1, 0.15) is 5.60 Å². The number of terminal acetylenes is 1. The molecule has 0 aromatic heterocycles. The van der Waals surface area contributed by atoms with Crippen LogP contribution >= 0.6 is 0 Å². The number of esters is 1. The Morgan fingerprint density at radius 3 is 2.50 bits per heavy atom. The van der Waals surface area contributed by atoms with Crippen LogP contribution in [-0.2, 0) is 9.53 Å². The lowest BCUT2D eigenvalue weighted by Gasteiger charge is -2.23. The van der Waals surface area contributed by atoms with Crippen LogP contribution in [0.3, 0.4) is 0 Å². The first-order valence-electron chi connectivity index (χ1n) is 4.38. The van der Waals surface area contributed by atoms with Crippen molar-refractivity contribution < 1.29 is 14.6 Å². The standard InChI is InChI=1S/C10H17NO3/c1-5-6-7(11)8(12)9(13)14-10(2,3)4/h1,7-8,12H,6,11H2,2-4H3/t7-,8?/m0/s1. The molecule has 0 saturated heterocycles. The molecule has 4 heteroatoms. The number of hydrogen-bond donors (Lipinski definition) is 2. The van der Waals surface area contributed by atoms with Crippen LogP contribution in [-0.4, -0.2) is 28.8 Å². The van der Waals surface area contributed by atoms with Crippen molar-refractivity contribution in [1.82, 2.24) is 0 Å². The fraction of sp³-hybridized carbons (Fsp3) is 0.700. The first-order valence-corrected chi connectivity index (χ1v) is 4.38. The van der Waals surface area contributed by atoms with Crippen LogP contribution in [0.5, 0.6) is 0 Å². The molecule has 0 bridgehead atoms. The molecule has 0 spiro atoms. The fourth-order valence-electron chi connectivity index (χ4n) is 0.785. The molecule has 0 rings (SSSR count).